The highest BCUT2D eigenvalue weighted by atomic mass is 28.3. The monoisotopic (exact) mass is 192 g/mol. The van der Waals surface area contributed by atoms with Crippen LogP contribution >= 0.6 is 0 Å². The summed E-state index contributed by atoms with van der Waals surface area (Å²) in [4.78, 5) is 0. The number of hydrogen-bond acceptors (Lipinski definition) is 4. The van der Waals surface area contributed by atoms with Crippen LogP contribution in [-0.4, -0.2) is 36.1 Å². The van der Waals surface area contributed by atoms with Gasteiger partial charge in [0.25, 0.3) is 0 Å². The summed E-state index contributed by atoms with van der Waals surface area (Å²) in [5.41, 5.74) is 0. The predicted octanol–water partition coefficient (Wildman–Crippen LogP) is 0.881. The predicted molar refractivity (Wildman–Crippen MR) is 45.1 cm³/mol. The molecular formula is C7H16O4Si. The summed E-state index contributed by atoms with van der Waals surface area (Å²) in [5, 5.41) is 0. The normalized spacial score (nSPS) is 9.50. The smallest absolute Gasteiger partial charge is 0.499 e. The third-order valence-corrected chi connectivity index (χ3v) is 2.03. The average Bonchev–Trinajstić information content (AvgIpc) is 2.10. The van der Waals surface area contributed by atoms with E-state index in [-0.39, 0.29) is 0 Å². The lowest BCUT2D eigenvalue weighted by atomic mass is 10.4. The van der Waals surface area contributed by atoms with Crippen LogP contribution in [0.2, 0.25) is 0 Å². The number of hydrogen-bond donors (Lipinski definition) is 0. The van der Waals surface area contributed by atoms with Crippen molar-refractivity contribution >= 4 is 9.17 Å². The van der Waals surface area contributed by atoms with E-state index in [4.69, 9.17) is 9.16 Å². The van der Waals surface area contributed by atoms with Crippen molar-refractivity contribution in [1.82, 2.24) is 0 Å². The molecule has 0 spiro atoms. The van der Waals surface area contributed by atoms with Gasteiger partial charge >= 0.3 is 9.17 Å². The molecule has 0 bridgehead atoms. The van der Waals surface area contributed by atoms with E-state index in [0.717, 1.165) is 19.4 Å². The highest BCUT2D eigenvalue weighted by Gasteiger charge is 2.05. The first kappa shape index (κ1) is 11.6. The van der Waals surface area contributed by atoms with Gasteiger partial charge in [-0.2, -0.15) is 0 Å². The maximum atomic E-state index is 10.6. The Morgan fingerprint density at radius 3 is 2.58 bits per heavy atom. The Balaban J connectivity index is 2.95. The second-order valence-electron chi connectivity index (χ2n) is 2.27. The van der Waals surface area contributed by atoms with E-state index in [1.54, 1.807) is 0 Å². The van der Waals surface area contributed by atoms with Gasteiger partial charge < -0.3 is 13.6 Å². The minimum atomic E-state index is -2.25. The van der Waals surface area contributed by atoms with Crippen LogP contribution in [0.25, 0.3) is 0 Å². The van der Waals surface area contributed by atoms with Crippen LogP contribution in [0.5, 0.6) is 0 Å². The van der Waals surface area contributed by atoms with Crippen molar-refractivity contribution in [2.24, 2.45) is 0 Å². The van der Waals surface area contributed by atoms with Gasteiger partial charge in [0.05, 0.1) is 20.3 Å². The van der Waals surface area contributed by atoms with E-state index in [1.807, 2.05) is 0 Å². The van der Waals surface area contributed by atoms with E-state index in [0.29, 0.717) is 13.2 Å². The van der Waals surface area contributed by atoms with Crippen LogP contribution in [-0.2, 0) is 18.1 Å². The largest absolute Gasteiger partial charge is 0.767 e. The fourth-order valence-electron chi connectivity index (χ4n) is 0.591. The van der Waals surface area contributed by atoms with Crippen LogP contribution in [0.15, 0.2) is 0 Å². The fourth-order valence-corrected chi connectivity index (χ4v) is 0.959. The van der Waals surface area contributed by atoms with Crippen LogP contribution in [0.3, 0.4) is 0 Å². The van der Waals surface area contributed by atoms with Gasteiger partial charge in [0.15, 0.2) is 0 Å². The van der Waals surface area contributed by atoms with Gasteiger partial charge in [0.2, 0.25) is 0 Å². The lowest BCUT2D eigenvalue weighted by molar-refractivity contribution is 0.0829. The number of rotatable bonds is 8. The van der Waals surface area contributed by atoms with Gasteiger partial charge in [0.1, 0.15) is 0 Å². The van der Waals surface area contributed by atoms with Crippen LogP contribution in [0.1, 0.15) is 19.8 Å². The minimum Gasteiger partial charge on any atom is -0.499 e. The zero-order chi connectivity index (χ0) is 9.23. The minimum absolute atomic E-state index is 0.343. The Bertz CT molecular complexity index is 118. The molecule has 72 valence electrons. The molecule has 0 N–H and O–H groups in total. The lowest BCUT2D eigenvalue weighted by Crippen LogP contribution is -2.14. The highest BCUT2D eigenvalue weighted by Crippen LogP contribution is 1.87. The summed E-state index contributed by atoms with van der Waals surface area (Å²) in [7, 11) is -0.891. The van der Waals surface area contributed by atoms with Crippen molar-refractivity contribution in [2.45, 2.75) is 19.8 Å². The highest BCUT2D eigenvalue weighted by molar-refractivity contribution is 6.26. The fraction of sp³-hybridized carbons (Fsp3) is 1.00. The summed E-state index contributed by atoms with van der Waals surface area (Å²) in [6.07, 6.45) is 2.18. The molecular weight excluding hydrogens is 176 g/mol. The van der Waals surface area contributed by atoms with Crippen molar-refractivity contribution < 1.29 is 18.1 Å². The van der Waals surface area contributed by atoms with E-state index in [2.05, 4.69) is 11.3 Å². The lowest BCUT2D eigenvalue weighted by Gasteiger charge is -2.03. The van der Waals surface area contributed by atoms with Gasteiger partial charge in [-0.15, -0.1) is 0 Å². The van der Waals surface area contributed by atoms with E-state index >= 15 is 0 Å². The Hall–Kier alpha value is -0.423. The molecule has 0 amide bonds. The maximum Gasteiger partial charge on any atom is 0.767 e. The van der Waals surface area contributed by atoms with Crippen molar-refractivity contribution in [3.05, 3.63) is 0 Å². The third kappa shape index (κ3) is 7.68. The molecule has 0 fully saturated rings. The summed E-state index contributed by atoms with van der Waals surface area (Å²) in [5.74, 6) is 0. The summed E-state index contributed by atoms with van der Waals surface area (Å²) in [6, 6.07) is 0. The Morgan fingerprint density at radius 1 is 1.25 bits per heavy atom. The summed E-state index contributed by atoms with van der Waals surface area (Å²) in [6.45, 7) is 3.67. The topological polar surface area (TPSA) is 44.8 Å². The second-order valence-corrected chi connectivity index (χ2v) is 3.47. The van der Waals surface area contributed by atoms with E-state index in [9.17, 15) is 4.46 Å². The molecule has 12 heavy (non-hydrogen) atoms. The molecule has 0 atom stereocenters. The molecule has 5 heteroatoms. The molecule has 0 rings (SSSR count). The van der Waals surface area contributed by atoms with Gasteiger partial charge in [0, 0.05) is 6.61 Å². The Labute approximate surface area is 74.7 Å². The first-order valence-corrected chi connectivity index (χ1v) is 5.32. The first-order chi connectivity index (χ1) is 5.81. The Morgan fingerprint density at radius 2 is 2.00 bits per heavy atom. The van der Waals surface area contributed by atoms with Gasteiger partial charge in [-0.3, -0.25) is 4.46 Å². The van der Waals surface area contributed by atoms with E-state index < -0.39 is 9.17 Å². The van der Waals surface area contributed by atoms with Crippen molar-refractivity contribution in [3.63, 3.8) is 0 Å². The molecule has 0 heterocycles. The first-order valence-electron chi connectivity index (χ1n) is 4.09. The maximum absolute atomic E-state index is 10.6. The molecule has 0 aliphatic heterocycles. The van der Waals surface area contributed by atoms with Crippen molar-refractivity contribution in [3.8, 4) is 0 Å². The van der Waals surface area contributed by atoms with E-state index in [1.165, 1.54) is 7.11 Å². The zero-order valence-corrected chi connectivity index (χ0v) is 8.67. The van der Waals surface area contributed by atoms with Crippen molar-refractivity contribution in [2.75, 3.05) is 26.9 Å². The third-order valence-electron chi connectivity index (χ3n) is 1.26. The summed E-state index contributed by atoms with van der Waals surface area (Å²) < 4.78 is 25.0. The molecule has 0 aromatic heterocycles. The molecule has 4 nitrogen and oxygen atoms in total. The van der Waals surface area contributed by atoms with Crippen LogP contribution in [0, 0.1) is 0 Å². The van der Waals surface area contributed by atoms with Crippen LogP contribution < -0.4 is 0 Å². The molecule has 0 aliphatic rings. The van der Waals surface area contributed by atoms with Gasteiger partial charge in [-0.25, -0.2) is 0 Å². The second kappa shape index (κ2) is 8.67. The van der Waals surface area contributed by atoms with Gasteiger partial charge in [-0.05, 0) is 6.42 Å². The SMILES string of the molecule is CCCCOCCO[Si](=O)OC. The van der Waals surface area contributed by atoms with Gasteiger partial charge in [-0.1, -0.05) is 13.3 Å². The Kier molecular flexibility index (Phi) is 8.37. The molecule has 0 radical (unpaired) electrons. The molecule has 0 saturated heterocycles. The molecule has 0 aliphatic carbocycles. The average molecular weight is 192 g/mol. The zero-order valence-electron chi connectivity index (χ0n) is 7.67. The molecule has 0 saturated carbocycles. The quantitative estimate of drug-likeness (QED) is 0.423. The summed E-state index contributed by atoms with van der Waals surface area (Å²) >= 11 is 0. The number of ether oxygens (including phenoxy) is 1. The standard InChI is InChI=1S/C7H16O4Si/c1-3-4-5-10-6-7-11-12(8)9-2/h3-7H2,1-2H3. The number of unbranched alkanes of at least 4 members (excludes halogenated alkanes) is 1. The molecule has 0 unspecified atom stereocenters. The van der Waals surface area contributed by atoms with Crippen LogP contribution in [0.4, 0.5) is 0 Å². The molecule has 0 aromatic rings. The van der Waals surface area contributed by atoms with Crippen molar-refractivity contribution in [1.29, 1.82) is 0 Å². The molecule has 0 aromatic carbocycles.